The van der Waals surface area contributed by atoms with Crippen molar-refractivity contribution in [3.8, 4) is 0 Å². The summed E-state index contributed by atoms with van der Waals surface area (Å²) in [5.74, 6) is 0. The van der Waals surface area contributed by atoms with Gasteiger partial charge in [0.2, 0.25) is 0 Å². The largest absolute Gasteiger partial charge is 0.0879 e. The van der Waals surface area contributed by atoms with Crippen LogP contribution in [0.1, 0.15) is 17.5 Å². The maximum Gasteiger partial charge on any atom is -0.00974 e. The van der Waals surface area contributed by atoms with Gasteiger partial charge in [0, 0.05) is 0 Å². The summed E-state index contributed by atoms with van der Waals surface area (Å²) >= 11 is 0. The molecule has 0 amide bonds. The van der Waals surface area contributed by atoms with Crippen molar-refractivity contribution in [1.29, 1.82) is 0 Å². The zero-order valence-electron chi connectivity index (χ0n) is 13.7. The lowest BCUT2D eigenvalue weighted by Crippen LogP contribution is -2.20. The first-order valence-electron chi connectivity index (χ1n) is 8.58. The van der Waals surface area contributed by atoms with Gasteiger partial charge in [0.25, 0.3) is 0 Å². The molecule has 0 N–H and O–H groups in total. The second kappa shape index (κ2) is 7.16. The molecule has 118 valence electrons. The van der Waals surface area contributed by atoms with Crippen LogP contribution in [0.5, 0.6) is 0 Å². The van der Waals surface area contributed by atoms with Gasteiger partial charge in [-0.05, 0) is 54.2 Å². The molecule has 4 aliphatic rings. The molecule has 0 nitrogen and oxygen atoms in total. The lowest BCUT2D eigenvalue weighted by Gasteiger charge is -2.20. The molecule has 0 saturated heterocycles. The lowest BCUT2D eigenvalue weighted by atomic mass is 10.1. The second-order valence-corrected chi connectivity index (χ2v) is 8.44. The van der Waals surface area contributed by atoms with Crippen molar-refractivity contribution in [2.75, 3.05) is 0 Å². The van der Waals surface area contributed by atoms with E-state index in [1.807, 2.05) is 0 Å². The number of hydrogen-bond donors (Lipinski definition) is 0. The maximum atomic E-state index is 2.33. The molecule has 0 aliphatic carbocycles. The van der Waals surface area contributed by atoms with Crippen molar-refractivity contribution in [3.05, 3.63) is 102 Å². The first-order valence-corrected chi connectivity index (χ1v) is 9.92. The number of benzene rings is 3. The van der Waals surface area contributed by atoms with Crippen LogP contribution in [0.2, 0.25) is 0 Å². The molecule has 24 heavy (non-hydrogen) atoms. The molecule has 7 rings (SSSR count). The third-order valence-corrected chi connectivity index (χ3v) is 6.97. The monoisotopic (exact) mass is 328 g/mol. The van der Waals surface area contributed by atoms with E-state index < -0.39 is 7.92 Å². The van der Waals surface area contributed by atoms with Gasteiger partial charge in [-0.1, -0.05) is 91.0 Å². The van der Waals surface area contributed by atoms with Gasteiger partial charge in [0.1, 0.15) is 0 Å². The standard InChI is InChI=1S/C23H21P/c1-3-7-19-11-15-22(16-12-19)24(21-9-5-2-6-10-21)23-17-13-20(8-4-1)14-18-23/h1-3,5-6,9-18H,4,7-8H2/b3-1-. The molecule has 1 heteroatoms. The number of aryl methyl sites for hydroxylation is 1. The van der Waals surface area contributed by atoms with Crippen LogP contribution in [-0.4, -0.2) is 0 Å². The van der Waals surface area contributed by atoms with Crippen molar-refractivity contribution in [2.45, 2.75) is 19.3 Å². The summed E-state index contributed by atoms with van der Waals surface area (Å²) in [6.45, 7) is 0. The topological polar surface area (TPSA) is 0 Å². The Morgan fingerprint density at radius 2 is 1.12 bits per heavy atom. The minimum Gasteiger partial charge on any atom is -0.0879 e. The fraction of sp³-hybridized carbons (Fsp3) is 0.130. The van der Waals surface area contributed by atoms with Gasteiger partial charge in [-0.3, -0.25) is 0 Å². The Kier molecular flexibility index (Phi) is 4.58. The van der Waals surface area contributed by atoms with Gasteiger partial charge < -0.3 is 0 Å². The summed E-state index contributed by atoms with van der Waals surface area (Å²) in [5, 5.41) is 4.27. The van der Waals surface area contributed by atoms with Gasteiger partial charge >= 0.3 is 0 Å². The van der Waals surface area contributed by atoms with Crippen LogP contribution in [0.4, 0.5) is 0 Å². The minimum atomic E-state index is -0.485. The first kappa shape index (κ1) is 15.4. The molecule has 1 atom stereocenters. The highest BCUT2D eigenvalue weighted by atomic mass is 31.1. The molecule has 4 heterocycles. The van der Waals surface area contributed by atoms with Gasteiger partial charge in [-0.15, -0.1) is 0 Å². The lowest BCUT2D eigenvalue weighted by molar-refractivity contribution is 0.995. The van der Waals surface area contributed by atoms with Gasteiger partial charge in [-0.2, -0.15) is 0 Å². The van der Waals surface area contributed by atoms with Crippen molar-refractivity contribution in [1.82, 2.24) is 0 Å². The molecule has 0 fully saturated rings. The molecular weight excluding hydrogens is 307 g/mol. The Bertz CT molecular complexity index is 814. The molecule has 0 aromatic heterocycles. The number of allylic oxidation sites excluding steroid dienone is 2. The molecule has 1 unspecified atom stereocenters. The molecule has 4 aliphatic heterocycles. The Labute approximate surface area is 145 Å². The Balaban J connectivity index is 1.85. The van der Waals surface area contributed by atoms with E-state index in [-0.39, 0.29) is 0 Å². The van der Waals surface area contributed by atoms with E-state index in [9.17, 15) is 0 Å². The predicted octanol–water partition coefficient (Wildman–Crippen LogP) is 4.49. The zero-order valence-corrected chi connectivity index (χ0v) is 14.6. The van der Waals surface area contributed by atoms with Crippen LogP contribution in [0.15, 0.2) is 91.0 Å². The van der Waals surface area contributed by atoms with Crippen molar-refractivity contribution < 1.29 is 0 Å². The molecular formula is C23H21P. The molecule has 3 aromatic carbocycles. The summed E-state index contributed by atoms with van der Waals surface area (Å²) in [6.07, 6.45) is 7.88. The first-order chi connectivity index (χ1) is 11.9. The highest BCUT2D eigenvalue weighted by molar-refractivity contribution is 7.79. The average molecular weight is 328 g/mol. The Hall–Kier alpha value is -2.17. The number of hydrogen-bond acceptors (Lipinski definition) is 0. The summed E-state index contributed by atoms with van der Waals surface area (Å²) < 4.78 is 0. The predicted molar refractivity (Wildman–Crippen MR) is 106 cm³/mol. The Morgan fingerprint density at radius 3 is 1.79 bits per heavy atom. The van der Waals surface area contributed by atoms with Crippen molar-refractivity contribution in [3.63, 3.8) is 0 Å². The van der Waals surface area contributed by atoms with Gasteiger partial charge in [-0.25, -0.2) is 0 Å². The molecule has 0 saturated carbocycles. The quantitative estimate of drug-likeness (QED) is 0.456. The fourth-order valence-corrected chi connectivity index (χ4v) is 5.46. The third-order valence-electron chi connectivity index (χ3n) is 4.52. The smallest absolute Gasteiger partial charge is 0.00974 e. The van der Waals surface area contributed by atoms with Crippen molar-refractivity contribution in [2.24, 2.45) is 0 Å². The summed E-state index contributed by atoms with van der Waals surface area (Å²) in [7, 11) is -0.485. The highest BCUT2D eigenvalue weighted by Gasteiger charge is 2.16. The number of rotatable bonds is 1. The van der Waals surface area contributed by atoms with E-state index in [0.29, 0.717) is 0 Å². The minimum absolute atomic E-state index is 0.485. The van der Waals surface area contributed by atoms with E-state index in [0.717, 1.165) is 19.3 Å². The van der Waals surface area contributed by atoms with E-state index in [2.05, 4.69) is 91.0 Å². The van der Waals surface area contributed by atoms with E-state index in [1.165, 1.54) is 27.0 Å². The van der Waals surface area contributed by atoms with Crippen molar-refractivity contribution >= 4 is 23.8 Å². The molecule has 0 spiro atoms. The van der Waals surface area contributed by atoms with Crippen LogP contribution in [0, 0.1) is 0 Å². The SMILES string of the molecule is C1=C\Cc2ccc(cc2)P(c2ccccc2)c2ccc(cc2)CC/1. The van der Waals surface area contributed by atoms with E-state index in [4.69, 9.17) is 0 Å². The van der Waals surface area contributed by atoms with Crippen LogP contribution < -0.4 is 15.9 Å². The normalized spacial score (nSPS) is 18.2. The second-order valence-electron chi connectivity index (χ2n) is 6.22. The van der Waals surface area contributed by atoms with E-state index in [1.54, 1.807) is 0 Å². The van der Waals surface area contributed by atoms with Crippen LogP contribution >= 0.6 is 7.92 Å². The van der Waals surface area contributed by atoms with Crippen LogP contribution in [-0.2, 0) is 12.8 Å². The molecule has 4 bridgehead atoms. The fourth-order valence-electron chi connectivity index (χ4n) is 3.20. The zero-order chi connectivity index (χ0) is 16.2. The highest BCUT2D eigenvalue weighted by Crippen LogP contribution is 2.33. The summed E-state index contributed by atoms with van der Waals surface area (Å²) in [6, 6.07) is 29.4. The molecule has 3 aromatic rings. The average Bonchev–Trinajstić information content (AvgIpc) is 2.65. The van der Waals surface area contributed by atoms with Crippen LogP contribution in [0.25, 0.3) is 0 Å². The van der Waals surface area contributed by atoms with Crippen LogP contribution in [0.3, 0.4) is 0 Å². The van der Waals surface area contributed by atoms with Gasteiger partial charge in [0.15, 0.2) is 0 Å². The summed E-state index contributed by atoms with van der Waals surface area (Å²) in [5.41, 5.74) is 2.82. The maximum absolute atomic E-state index is 2.33. The third kappa shape index (κ3) is 3.35. The molecule has 0 radical (unpaired) electrons. The van der Waals surface area contributed by atoms with Gasteiger partial charge in [0.05, 0.1) is 0 Å². The Morgan fingerprint density at radius 1 is 0.542 bits per heavy atom. The van der Waals surface area contributed by atoms with E-state index >= 15 is 0 Å². The summed E-state index contributed by atoms with van der Waals surface area (Å²) in [4.78, 5) is 0.